The lowest BCUT2D eigenvalue weighted by molar-refractivity contribution is -0.156. The van der Waals surface area contributed by atoms with Crippen molar-refractivity contribution in [2.24, 2.45) is 0 Å². The first-order valence-electron chi connectivity index (χ1n) is 8.86. The fourth-order valence-electron chi connectivity index (χ4n) is 2.61. The lowest BCUT2D eigenvalue weighted by atomic mass is 10.1. The number of anilines is 1. The van der Waals surface area contributed by atoms with E-state index < -0.39 is 30.6 Å². The molecule has 28 heavy (non-hydrogen) atoms. The van der Waals surface area contributed by atoms with Crippen LogP contribution in [0.1, 0.15) is 45.4 Å². The summed E-state index contributed by atoms with van der Waals surface area (Å²) < 4.78 is 15.2. The highest BCUT2D eigenvalue weighted by Gasteiger charge is 2.28. The van der Waals surface area contributed by atoms with Crippen molar-refractivity contribution in [1.82, 2.24) is 4.90 Å². The monoisotopic (exact) mass is 412 g/mol. The van der Waals surface area contributed by atoms with Gasteiger partial charge in [0, 0.05) is 20.7 Å². The predicted octanol–water partition coefficient (Wildman–Crippen LogP) is 1.60. The van der Waals surface area contributed by atoms with E-state index in [9.17, 15) is 19.2 Å². The summed E-state index contributed by atoms with van der Waals surface area (Å²) in [6, 6.07) is 0. The number of hydrogen-bond acceptors (Lipinski definition) is 8. The minimum absolute atomic E-state index is 0.121. The third kappa shape index (κ3) is 5.08. The van der Waals surface area contributed by atoms with Gasteiger partial charge in [0.25, 0.3) is 11.8 Å². The SMILES string of the molecule is CCOC(=O)c1c(NC(=O)COC(=O)[C@@H]2CCCO2)sc(C(=O)N(C)C)c1C. The molecule has 9 nitrogen and oxygen atoms in total. The highest BCUT2D eigenvalue weighted by atomic mass is 32.1. The minimum Gasteiger partial charge on any atom is -0.462 e. The van der Waals surface area contributed by atoms with Gasteiger partial charge in [0.05, 0.1) is 17.0 Å². The van der Waals surface area contributed by atoms with Crippen molar-refractivity contribution in [3.8, 4) is 0 Å². The van der Waals surface area contributed by atoms with E-state index in [2.05, 4.69) is 5.32 Å². The zero-order valence-electron chi connectivity index (χ0n) is 16.3. The number of carbonyl (C=O) groups excluding carboxylic acids is 4. The zero-order chi connectivity index (χ0) is 20.8. The quantitative estimate of drug-likeness (QED) is 0.677. The zero-order valence-corrected chi connectivity index (χ0v) is 17.1. The van der Waals surface area contributed by atoms with Gasteiger partial charge in [0.15, 0.2) is 12.7 Å². The third-order valence-electron chi connectivity index (χ3n) is 4.02. The van der Waals surface area contributed by atoms with Gasteiger partial charge in [0.1, 0.15) is 5.00 Å². The number of nitrogens with one attached hydrogen (secondary N) is 1. The fraction of sp³-hybridized carbons (Fsp3) is 0.556. The normalized spacial score (nSPS) is 15.8. The van der Waals surface area contributed by atoms with Crippen LogP contribution in [0.4, 0.5) is 5.00 Å². The number of hydrogen-bond donors (Lipinski definition) is 1. The first-order chi connectivity index (χ1) is 13.3. The van der Waals surface area contributed by atoms with E-state index in [-0.39, 0.29) is 23.1 Å². The van der Waals surface area contributed by atoms with Crippen LogP contribution in [0.15, 0.2) is 0 Å². The second kappa shape index (κ2) is 9.65. The van der Waals surface area contributed by atoms with Gasteiger partial charge < -0.3 is 24.4 Å². The molecular weight excluding hydrogens is 388 g/mol. The van der Waals surface area contributed by atoms with Gasteiger partial charge in [-0.25, -0.2) is 9.59 Å². The van der Waals surface area contributed by atoms with Crippen LogP contribution in [0.25, 0.3) is 0 Å². The molecule has 1 aromatic rings. The summed E-state index contributed by atoms with van der Waals surface area (Å²) >= 11 is 0.975. The van der Waals surface area contributed by atoms with Gasteiger partial charge in [0.2, 0.25) is 0 Å². The summed E-state index contributed by atoms with van der Waals surface area (Å²) in [5, 5.41) is 2.72. The van der Waals surface area contributed by atoms with E-state index in [0.717, 1.165) is 17.8 Å². The predicted molar refractivity (Wildman–Crippen MR) is 102 cm³/mol. The Morgan fingerprint density at radius 2 is 1.96 bits per heavy atom. The molecule has 1 aliphatic rings. The molecule has 2 heterocycles. The minimum atomic E-state index is -0.642. The van der Waals surface area contributed by atoms with Crippen LogP contribution in [-0.4, -0.2) is 68.7 Å². The summed E-state index contributed by atoms with van der Waals surface area (Å²) in [7, 11) is 3.18. The van der Waals surface area contributed by atoms with E-state index in [1.54, 1.807) is 27.9 Å². The van der Waals surface area contributed by atoms with E-state index in [0.29, 0.717) is 23.5 Å². The average Bonchev–Trinajstić information content (AvgIpc) is 3.27. The number of thiophene rings is 1. The number of esters is 2. The van der Waals surface area contributed by atoms with Gasteiger partial charge in [-0.2, -0.15) is 0 Å². The van der Waals surface area contributed by atoms with Gasteiger partial charge in [-0.05, 0) is 32.3 Å². The molecule has 1 atom stereocenters. The van der Waals surface area contributed by atoms with Crippen molar-refractivity contribution < 1.29 is 33.4 Å². The molecule has 0 unspecified atom stereocenters. The third-order valence-corrected chi connectivity index (χ3v) is 5.21. The first-order valence-corrected chi connectivity index (χ1v) is 9.68. The summed E-state index contributed by atoms with van der Waals surface area (Å²) in [5.41, 5.74) is 0.546. The van der Waals surface area contributed by atoms with E-state index in [1.807, 2.05) is 0 Å². The molecule has 1 saturated heterocycles. The topological polar surface area (TPSA) is 111 Å². The van der Waals surface area contributed by atoms with Gasteiger partial charge in [-0.15, -0.1) is 11.3 Å². The van der Waals surface area contributed by atoms with Crippen molar-refractivity contribution in [2.45, 2.75) is 32.8 Å². The Labute approximate surface area is 166 Å². The molecule has 1 N–H and O–H groups in total. The number of rotatable bonds is 7. The molecule has 0 radical (unpaired) electrons. The molecule has 0 saturated carbocycles. The molecule has 1 aromatic heterocycles. The Hall–Kier alpha value is -2.46. The van der Waals surface area contributed by atoms with E-state index in [4.69, 9.17) is 14.2 Å². The highest BCUT2D eigenvalue weighted by Crippen LogP contribution is 2.34. The molecule has 2 rings (SSSR count). The van der Waals surface area contributed by atoms with Crippen molar-refractivity contribution in [3.05, 3.63) is 16.0 Å². The Bertz CT molecular complexity index is 766. The summed E-state index contributed by atoms with van der Waals surface area (Å²) in [4.78, 5) is 50.4. The largest absolute Gasteiger partial charge is 0.462 e. The lowest BCUT2D eigenvalue weighted by Crippen LogP contribution is -2.27. The van der Waals surface area contributed by atoms with Gasteiger partial charge in [-0.1, -0.05) is 0 Å². The Morgan fingerprint density at radius 3 is 2.54 bits per heavy atom. The molecule has 0 spiro atoms. The Morgan fingerprint density at radius 1 is 1.25 bits per heavy atom. The van der Waals surface area contributed by atoms with Crippen LogP contribution in [0.5, 0.6) is 0 Å². The number of carbonyl (C=O) groups is 4. The number of nitrogens with zero attached hydrogens (tertiary/aromatic N) is 1. The molecule has 0 bridgehead atoms. The first kappa shape index (κ1) is 21.8. The van der Waals surface area contributed by atoms with Crippen LogP contribution in [0.3, 0.4) is 0 Å². The molecule has 154 valence electrons. The maximum atomic E-state index is 12.3. The molecule has 2 amide bonds. The second-order valence-corrected chi connectivity index (χ2v) is 7.36. The molecule has 10 heteroatoms. The molecule has 0 aliphatic carbocycles. The maximum absolute atomic E-state index is 12.3. The number of amides is 2. The van der Waals surface area contributed by atoms with Crippen molar-refractivity contribution in [2.75, 3.05) is 39.2 Å². The summed E-state index contributed by atoms with van der Waals surface area (Å²) in [6.07, 6.45) is 0.691. The second-order valence-electron chi connectivity index (χ2n) is 6.34. The van der Waals surface area contributed by atoms with Crippen LogP contribution in [0, 0.1) is 6.92 Å². The van der Waals surface area contributed by atoms with Gasteiger partial charge in [-0.3, -0.25) is 9.59 Å². The van der Waals surface area contributed by atoms with E-state index >= 15 is 0 Å². The maximum Gasteiger partial charge on any atom is 0.341 e. The van der Waals surface area contributed by atoms with Crippen LogP contribution < -0.4 is 5.32 Å². The van der Waals surface area contributed by atoms with Crippen LogP contribution >= 0.6 is 11.3 Å². The molecule has 0 aromatic carbocycles. The van der Waals surface area contributed by atoms with Crippen molar-refractivity contribution in [1.29, 1.82) is 0 Å². The van der Waals surface area contributed by atoms with Crippen LogP contribution in [-0.2, 0) is 23.8 Å². The lowest BCUT2D eigenvalue weighted by Gasteiger charge is -2.10. The molecular formula is C18H24N2O7S. The van der Waals surface area contributed by atoms with E-state index in [1.165, 1.54) is 4.90 Å². The Balaban J connectivity index is 2.14. The standard InChI is InChI=1S/C18H24N2O7S/c1-5-25-18(24)13-10(2)14(16(22)20(3)4)28-15(13)19-12(21)9-27-17(23)11-7-6-8-26-11/h11H,5-9H2,1-4H3,(H,19,21)/t11-/m0/s1. The fourth-order valence-corrected chi connectivity index (χ4v) is 3.85. The molecule has 1 aliphatic heterocycles. The number of ether oxygens (including phenoxy) is 3. The summed E-state index contributed by atoms with van der Waals surface area (Å²) in [5.74, 6) is -2.15. The van der Waals surface area contributed by atoms with Gasteiger partial charge >= 0.3 is 11.9 Å². The van der Waals surface area contributed by atoms with Crippen molar-refractivity contribution >= 4 is 40.1 Å². The molecule has 1 fully saturated rings. The van der Waals surface area contributed by atoms with Crippen molar-refractivity contribution in [3.63, 3.8) is 0 Å². The average molecular weight is 412 g/mol. The smallest absolute Gasteiger partial charge is 0.341 e. The van der Waals surface area contributed by atoms with Crippen LogP contribution in [0.2, 0.25) is 0 Å². The Kier molecular flexibility index (Phi) is 7.53. The highest BCUT2D eigenvalue weighted by molar-refractivity contribution is 7.18. The summed E-state index contributed by atoms with van der Waals surface area (Å²) in [6.45, 7) is 3.40.